The summed E-state index contributed by atoms with van der Waals surface area (Å²) in [5.74, 6) is -1.42. The average molecular weight is 248 g/mol. The summed E-state index contributed by atoms with van der Waals surface area (Å²) in [6.07, 6.45) is 0. The standard InChI is InChI=1S/C15H20O3/c1-9(2)13(15(17)18-5)14(16)12-8-10(3)6-7-11(12)4/h6-9,13H,1-5H3. The second kappa shape index (κ2) is 5.80. The van der Waals surface area contributed by atoms with Gasteiger partial charge in [0.05, 0.1) is 7.11 Å². The van der Waals surface area contributed by atoms with Gasteiger partial charge in [-0.1, -0.05) is 31.5 Å². The van der Waals surface area contributed by atoms with Gasteiger partial charge in [-0.2, -0.15) is 0 Å². The molecule has 3 heteroatoms. The van der Waals surface area contributed by atoms with Gasteiger partial charge in [0.1, 0.15) is 5.92 Å². The number of Topliss-reactive ketones (excluding diaryl/α,β-unsaturated/α-hetero) is 1. The van der Waals surface area contributed by atoms with Gasteiger partial charge in [-0.15, -0.1) is 0 Å². The minimum Gasteiger partial charge on any atom is -0.468 e. The molecule has 0 radical (unpaired) electrons. The Morgan fingerprint density at radius 3 is 2.28 bits per heavy atom. The molecule has 1 aromatic rings. The van der Waals surface area contributed by atoms with Gasteiger partial charge in [-0.25, -0.2) is 0 Å². The van der Waals surface area contributed by atoms with E-state index in [1.165, 1.54) is 7.11 Å². The van der Waals surface area contributed by atoms with Gasteiger partial charge >= 0.3 is 5.97 Å². The number of rotatable bonds is 4. The summed E-state index contributed by atoms with van der Waals surface area (Å²) in [6.45, 7) is 7.51. The molecule has 98 valence electrons. The van der Waals surface area contributed by atoms with Crippen LogP contribution in [0, 0.1) is 25.7 Å². The van der Waals surface area contributed by atoms with Crippen molar-refractivity contribution < 1.29 is 14.3 Å². The van der Waals surface area contributed by atoms with E-state index in [1.807, 2.05) is 45.9 Å². The fourth-order valence-corrected chi connectivity index (χ4v) is 1.98. The largest absolute Gasteiger partial charge is 0.468 e. The van der Waals surface area contributed by atoms with Crippen LogP contribution in [0.4, 0.5) is 0 Å². The molecule has 0 saturated carbocycles. The molecule has 1 unspecified atom stereocenters. The van der Waals surface area contributed by atoms with Gasteiger partial charge in [0.25, 0.3) is 0 Å². The van der Waals surface area contributed by atoms with Gasteiger partial charge < -0.3 is 4.74 Å². The number of carbonyl (C=O) groups is 2. The topological polar surface area (TPSA) is 43.4 Å². The molecule has 1 atom stereocenters. The van der Waals surface area contributed by atoms with E-state index < -0.39 is 11.9 Å². The van der Waals surface area contributed by atoms with Crippen molar-refractivity contribution in [1.82, 2.24) is 0 Å². The van der Waals surface area contributed by atoms with E-state index in [2.05, 4.69) is 0 Å². The van der Waals surface area contributed by atoms with E-state index in [-0.39, 0.29) is 11.7 Å². The summed E-state index contributed by atoms with van der Waals surface area (Å²) >= 11 is 0. The predicted molar refractivity (Wildman–Crippen MR) is 70.6 cm³/mol. The summed E-state index contributed by atoms with van der Waals surface area (Å²) in [5.41, 5.74) is 2.51. The van der Waals surface area contributed by atoms with Crippen molar-refractivity contribution >= 4 is 11.8 Å². The molecule has 0 aromatic heterocycles. The quantitative estimate of drug-likeness (QED) is 0.467. The van der Waals surface area contributed by atoms with Crippen molar-refractivity contribution in [1.29, 1.82) is 0 Å². The average Bonchev–Trinajstić information content (AvgIpc) is 2.31. The van der Waals surface area contributed by atoms with Crippen LogP contribution in [-0.4, -0.2) is 18.9 Å². The molecule has 1 rings (SSSR count). The maximum Gasteiger partial charge on any atom is 0.316 e. The molecule has 1 aromatic carbocycles. The molecule has 0 aliphatic carbocycles. The number of esters is 1. The molecule has 0 bridgehead atoms. The van der Waals surface area contributed by atoms with Crippen LogP contribution in [0.3, 0.4) is 0 Å². The third-order valence-corrected chi connectivity index (χ3v) is 3.06. The minimum atomic E-state index is -0.726. The van der Waals surface area contributed by atoms with E-state index in [4.69, 9.17) is 4.74 Å². The second-order valence-corrected chi connectivity index (χ2v) is 4.93. The van der Waals surface area contributed by atoms with Gasteiger partial charge in [0.15, 0.2) is 5.78 Å². The number of ketones is 1. The molecule has 0 N–H and O–H groups in total. The normalized spacial score (nSPS) is 12.3. The van der Waals surface area contributed by atoms with Crippen molar-refractivity contribution in [2.24, 2.45) is 11.8 Å². The number of ether oxygens (including phenoxy) is 1. The third-order valence-electron chi connectivity index (χ3n) is 3.06. The van der Waals surface area contributed by atoms with Gasteiger partial charge in [-0.05, 0) is 31.4 Å². The number of hydrogen-bond acceptors (Lipinski definition) is 3. The fraction of sp³-hybridized carbons (Fsp3) is 0.467. The Labute approximate surface area is 108 Å². The first-order valence-corrected chi connectivity index (χ1v) is 6.07. The zero-order chi connectivity index (χ0) is 13.9. The highest BCUT2D eigenvalue weighted by Crippen LogP contribution is 2.22. The summed E-state index contributed by atoms with van der Waals surface area (Å²) < 4.78 is 4.73. The van der Waals surface area contributed by atoms with Crippen molar-refractivity contribution in [3.8, 4) is 0 Å². The Balaban J connectivity index is 3.17. The summed E-state index contributed by atoms with van der Waals surface area (Å²) in [7, 11) is 1.31. The Hall–Kier alpha value is -1.64. The van der Waals surface area contributed by atoms with Crippen LogP contribution in [0.15, 0.2) is 18.2 Å². The third kappa shape index (κ3) is 2.97. The Kier molecular flexibility index (Phi) is 4.65. The van der Waals surface area contributed by atoms with E-state index in [9.17, 15) is 9.59 Å². The van der Waals surface area contributed by atoms with Crippen molar-refractivity contribution in [3.05, 3.63) is 34.9 Å². The lowest BCUT2D eigenvalue weighted by Crippen LogP contribution is -2.30. The van der Waals surface area contributed by atoms with Gasteiger partial charge in [-0.3, -0.25) is 9.59 Å². The van der Waals surface area contributed by atoms with Crippen LogP contribution in [0.2, 0.25) is 0 Å². The second-order valence-electron chi connectivity index (χ2n) is 4.93. The van der Waals surface area contributed by atoms with Crippen LogP contribution < -0.4 is 0 Å². The number of aryl methyl sites for hydroxylation is 2. The maximum absolute atomic E-state index is 12.5. The van der Waals surface area contributed by atoms with Crippen LogP contribution in [0.5, 0.6) is 0 Å². The molecule has 0 amide bonds. The highest BCUT2D eigenvalue weighted by Gasteiger charge is 2.32. The molecule has 0 saturated heterocycles. The zero-order valence-corrected chi connectivity index (χ0v) is 11.6. The molecule has 18 heavy (non-hydrogen) atoms. The molecular weight excluding hydrogens is 228 g/mol. The Morgan fingerprint density at radius 2 is 1.78 bits per heavy atom. The smallest absolute Gasteiger partial charge is 0.316 e. The van der Waals surface area contributed by atoms with Crippen molar-refractivity contribution in [2.75, 3.05) is 7.11 Å². The first-order chi connectivity index (χ1) is 8.38. The highest BCUT2D eigenvalue weighted by molar-refractivity contribution is 6.09. The maximum atomic E-state index is 12.5. The lowest BCUT2D eigenvalue weighted by molar-refractivity contribution is -0.144. The van der Waals surface area contributed by atoms with Crippen LogP contribution >= 0.6 is 0 Å². The molecular formula is C15H20O3. The zero-order valence-electron chi connectivity index (χ0n) is 11.6. The van der Waals surface area contributed by atoms with E-state index >= 15 is 0 Å². The summed E-state index contributed by atoms with van der Waals surface area (Å²) in [6, 6.07) is 5.68. The lowest BCUT2D eigenvalue weighted by Gasteiger charge is -2.18. The molecule has 0 aliphatic heterocycles. The number of methoxy groups -OCH3 is 1. The number of hydrogen-bond donors (Lipinski definition) is 0. The molecule has 3 nitrogen and oxygen atoms in total. The number of benzene rings is 1. The van der Waals surface area contributed by atoms with Gasteiger partial charge in [0.2, 0.25) is 0 Å². The minimum absolute atomic E-state index is 0.0788. The SMILES string of the molecule is COC(=O)C(C(=O)c1cc(C)ccc1C)C(C)C. The summed E-state index contributed by atoms with van der Waals surface area (Å²) in [5, 5.41) is 0. The van der Waals surface area contributed by atoms with Crippen molar-refractivity contribution in [2.45, 2.75) is 27.7 Å². The lowest BCUT2D eigenvalue weighted by atomic mass is 9.86. The first kappa shape index (κ1) is 14.4. The van der Waals surface area contributed by atoms with Crippen LogP contribution in [0.1, 0.15) is 35.3 Å². The first-order valence-electron chi connectivity index (χ1n) is 6.07. The van der Waals surface area contributed by atoms with E-state index in [1.54, 1.807) is 0 Å². The number of carbonyl (C=O) groups excluding carboxylic acids is 2. The fourth-order valence-electron chi connectivity index (χ4n) is 1.98. The molecule has 0 aliphatic rings. The van der Waals surface area contributed by atoms with Crippen LogP contribution in [-0.2, 0) is 9.53 Å². The molecule has 0 heterocycles. The molecule has 0 fully saturated rings. The monoisotopic (exact) mass is 248 g/mol. The Bertz CT molecular complexity index is 461. The highest BCUT2D eigenvalue weighted by atomic mass is 16.5. The molecule has 0 spiro atoms. The predicted octanol–water partition coefficient (Wildman–Crippen LogP) is 2.93. The van der Waals surface area contributed by atoms with E-state index in [0.717, 1.165) is 11.1 Å². The summed E-state index contributed by atoms with van der Waals surface area (Å²) in [4.78, 5) is 24.2. The van der Waals surface area contributed by atoms with Crippen molar-refractivity contribution in [3.63, 3.8) is 0 Å². The van der Waals surface area contributed by atoms with Crippen LogP contribution in [0.25, 0.3) is 0 Å². The van der Waals surface area contributed by atoms with E-state index in [0.29, 0.717) is 5.56 Å². The Morgan fingerprint density at radius 1 is 1.17 bits per heavy atom. The van der Waals surface area contributed by atoms with Gasteiger partial charge in [0, 0.05) is 5.56 Å².